The average Bonchev–Trinajstić information content (AvgIpc) is 3.12. The van der Waals surface area contributed by atoms with E-state index in [9.17, 15) is 5.26 Å². The number of para-hydroxylation sites is 1. The van der Waals surface area contributed by atoms with E-state index in [1.54, 1.807) is 38.1 Å². The van der Waals surface area contributed by atoms with Crippen LogP contribution >= 0.6 is 0 Å². The topological polar surface area (TPSA) is 109 Å². The van der Waals surface area contributed by atoms with Crippen LogP contribution in [-0.4, -0.2) is 15.8 Å². The van der Waals surface area contributed by atoms with Crippen molar-refractivity contribution in [3.05, 3.63) is 58.5 Å². The molecule has 0 amide bonds. The van der Waals surface area contributed by atoms with Gasteiger partial charge in [-0.1, -0.05) is 24.3 Å². The summed E-state index contributed by atoms with van der Waals surface area (Å²) in [4.78, 5) is 0. The van der Waals surface area contributed by atoms with Gasteiger partial charge < -0.3 is 4.74 Å². The molecule has 3 rings (SSSR count). The summed E-state index contributed by atoms with van der Waals surface area (Å²) in [5.74, 6) is 0.0315. The molecule has 1 aromatic heterocycles. The van der Waals surface area contributed by atoms with Crippen molar-refractivity contribution >= 4 is 17.0 Å². The van der Waals surface area contributed by atoms with Gasteiger partial charge in [-0.15, -0.1) is 0 Å². The van der Waals surface area contributed by atoms with Crippen LogP contribution in [0.15, 0.2) is 52.8 Å². The Hall–Kier alpha value is -3.82. The molecule has 1 aliphatic rings. The lowest BCUT2D eigenvalue weighted by molar-refractivity contribution is 0.0954. The summed E-state index contributed by atoms with van der Waals surface area (Å²) in [5, 5.41) is 35.8. The van der Waals surface area contributed by atoms with Crippen molar-refractivity contribution in [1.29, 1.82) is 15.8 Å². The Morgan fingerprint density at radius 1 is 1.16 bits per heavy atom. The standard InChI is InChI=1S/C19H13N5O/c1-19(2)15(14(11-22)18(25-19)12(9-20)10-21)7-8-17-13-5-3-4-6-16(13)23-24-17/h3-8H,1-2H3,(H,23,24)/b8-7+. The molecule has 2 aromatic rings. The third-order valence-corrected chi connectivity index (χ3v) is 3.97. The SMILES string of the molecule is CC1(C)OC(=C(C#N)C#N)C(C#N)=C1/C=C/c1n[nH]c2ccccc12. The number of nitrogens with zero attached hydrogens (tertiary/aromatic N) is 4. The van der Waals surface area contributed by atoms with Crippen LogP contribution in [0.5, 0.6) is 0 Å². The van der Waals surface area contributed by atoms with E-state index in [1.165, 1.54) is 0 Å². The minimum absolute atomic E-state index is 0.0315. The van der Waals surface area contributed by atoms with E-state index in [0.29, 0.717) is 5.57 Å². The molecule has 0 aliphatic carbocycles. The van der Waals surface area contributed by atoms with Crippen molar-refractivity contribution in [3.63, 3.8) is 0 Å². The normalized spacial score (nSPS) is 15.7. The van der Waals surface area contributed by atoms with Crippen molar-refractivity contribution in [2.75, 3.05) is 0 Å². The predicted octanol–water partition coefficient (Wildman–Crippen LogP) is 3.51. The lowest BCUT2D eigenvalue weighted by Gasteiger charge is -2.20. The van der Waals surface area contributed by atoms with Crippen LogP contribution in [0.25, 0.3) is 17.0 Å². The molecule has 1 N–H and O–H groups in total. The van der Waals surface area contributed by atoms with E-state index < -0.39 is 5.60 Å². The van der Waals surface area contributed by atoms with E-state index in [1.807, 2.05) is 24.3 Å². The first-order valence-corrected chi connectivity index (χ1v) is 7.51. The Balaban J connectivity index is 2.13. The molecule has 120 valence electrons. The van der Waals surface area contributed by atoms with Crippen molar-refractivity contribution in [2.45, 2.75) is 19.4 Å². The number of aromatic amines is 1. The van der Waals surface area contributed by atoms with Crippen LogP contribution < -0.4 is 0 Å². The highest BCUT2D eigenvalue weighted by molar-refractivity contribution is 5.87. The molecule has 2 heterocycles. The van der Waals surface area contributed by atoms with Gasteiger partial charge in [-0.3, -0.25) is 5.10 Å². The maximum atomic E-state index is 9.51. The first kappa shape index (κ1) is 16.1. The molecule has 25 heavy (non-hydrogen) atoms. The molecule has 0 saturated carbocycles. The molecule has 6 heteroatoms. The second kappa shape index (κ2) is 6.00. The maximum Gasteiger partial charge on any atom is 0.172 e. The van der Waals surface area contributed by atoms with Crippen LogP contribution in [0.1, 0.15) is 19.5 Å². The highest BCUT2D eigenvalue weighted by atomic mass is 16.5. The number of nitrogens with one attached hydrogen (secondary N) is 1. The van der Waals surface area contributed by atoms with Gasteiger partial charge in [0.05, 0.1) is 11.2 Å². The van der Waals surface area contributed by atoms with Gasteiger partial charge in [-0.25, -0.2) is 0 Å². The smallest absolute Gasteiger partial charge is 0.172 e. The van der Waals surface area contributed by atoms with Crippen LogP contribution in [0.3, 0.4) is 0 Å². The summed E-state index contributed by atoms with van der Waals surface area (Å²) in [6.45, 7) is 3.57. The Labute approximate surface area is 144 Å². The van der Waals surface area contributed by atoms with Gasteiger partial charge in [-0.2, -0.15) is 20.9 Å². The number of allylic oxidation sites excluding steroid dienone is 2. The van der Waals surface area contributed by atoms with Crippen LogP contribution in [0.2, 0.25) is 0 Å². The fraction of sp³-hybridized carbons (Fsp3) is 0.158. The number of hydrogen-bond donors (Lipinski definition) is 1. The van der Waals surface area contributed by atoms with Crippen molar-refractivity contribution in [2.24, 2.45) is 0 Å². The number of benzene rings is 1. The zero-order valence-corrected chi connectivity index (χ0v) is 13.7. The summed E-state index contributed by atoms with van der Waals surface area (Å²) < 4.78 is 5.72. The van der Waals surface area contributed by atoms with Crippen molar-refractivity contribution in [1.82, 2.24) is 10.2 Å². The molecule has 1 aromatic carbocycles. The largest absolute Gasteiger partial charge is 0.480 e. The predicted molar refractivity (Wildman–Crippen MR) is 91.2 cm³/mol. The Kier molecular flexibility index (Phi) is 3.85. The lowest BCUT2D eigenvalue weighted by atomic mass is 9.94. The fourth-order valence-corrected chi connectivity index (χ4v) is 2.76. The third-order valence-electron chi connectivity index (χ3n) is 3.97. The minimum atomic E-state index is -0.831. The number of fused-ring (bicyclic) bond motifs is 1. The summed E-state index contributed by atoms with van der Waals surface area (Å²) in [7, 11) is 0. The summed E-state index contributed by atoms with van der Waals surface area (Å²) >= 11 is 0. The Morgan fingerprint density at radius 2 is 1.88 bits per heavy atom. The molecule has 0 atom stereocenters. The molecule has 0 bridgehead atoms. The number of rotatable bonds is 2. The fourth-order valence-electron chi connectivity index (χ4n) is 2.76. The zero-order valence-electron chi connectivity index (χ0n) is 13.7. The second-order valence-corrected chi connectivity index (χ2v) is 5.93. The molecule has 6 nitrogen and oxygen atoms in total. The molecule has 0 saturated heterocycles. The van der Waals surface area contributed by atoms with Gasteiger partial charge in [-0.05, 0) is 26.0 Å². The lowest BCUT2D eigenvalue weighted by Crippen LogP contribution is -2.20. The third kappa shape index (κ3) is 2.65. The summed E-state index contributed by atoms with van der Waals surface area (Å²) in [6, 6.07) is 13.3. The van der Waals surface area contributed by atoms with Crippen molar-refractivity contribution in [3.8, 4) is 18.2 Å². The highest BCUT2D eigenvalue weighted by Gasteiger charge is 2.38. The minimum Gasteiger partial charge on any atom is -0.480 e. The van der Waals surface area contributed by atoms with E-state index >= 15 is 0 Å². The van der Waals surface area contributed by atoms with E-state index in [2.05, 4.69) is 16.3 Å². The van der Waals surface area contributed by atoms with E-state index in [4.69, 9.17) is 15.3 Å². The first-order valence-electron chi connectivity index (χ1n) is 7.51. The molecule has 0 unspecified atom stereocenters. The molecule has 1 aliphatic heterocycles. The van der Waals surface area contributed by atoms with Crippen molar-refractivity contribution < 1.29 is 4.74 Å². The second-order valence-electron chi connectivity index (χ2n) is 5.93. The van der Waals surface area contributed by atoms with Gasteiger partial charge in [0, 0.05) is 11.0 Å². The number of H-pyrrole nitrogens is 1. The van der Waals surface area contributed by atoms with Crippen LogP contribution in [-0.2, 0) is 4.74 Å². The number of hydrogen-bond acceptors (Lipinski definition) is 5. The van der Waals surface area contributed by atoms with Crippen LogP contribution in [0, 0.1) is 34.0 Å². The number of aromatic nitrogens is 2. The van der Waals surface area contributed by atoms with Crippen LogP contribution in [0.4, 0.5) is 0 Å². The molecule has 0 radical (unpaired) electrons. The van der Waals surface area contributed by atoms with Gasteiger partial charge in [0.2, 0.25) is 0 Å². The Bertz CT molecular complexity index is 1060. The summed E-state index contributed by atoms with van der Waals surface area (Å²) in [6.07, 6.45) is 3.54. The average molecular weight is 327 g/mol. The molecule has 0 fully saturated rings. The number of nitriles is 3. The van der Waals surface area contributed by atoms with E-state index in [-0.39, 0.29) is 16.9 Å². The molecule has 0 spiro atoms. The monoisotopic (exact) mass is 327 g/mol. The quantitative estimate of drug-likeness (QED) is 0.849. The van der Waals surface area contributed by atoms with E-state index in [0.717, 1.165) is 16.6 Å². The maximum absolute atomic E-state index is 9.51. The van der Waals surface area contributed by atoms with Gasteiger partial charge in [0.15, 0.2) is 11.3 Å². The Morgan fingerprint density at radius 3 is 2.56 bits per heavy atom. The summed E-state index contributed by atoms with van der Waals surface area (Å²) in [5.41, 5.74) is 1.39. The van der Waals surface area contributed by atoms with Gasteiger partial charge in [0.1, 0.15) is 29.4 Å². The first-order chi connectivity index (χ1) is 12.0. The zero-order chi connectivity index (χ0) is 18.0. The number of ether oxygens (including phenoxy) is 1. The molecular formula is C19H13N5O. The van der Waals surface area contributed by atoms with Gasteiger partial charge in [0.25, 0.3) is 0 Å². The molecular weight excluding hydrogens is 314 g/mol. The highest BCUT2D eigenvalue weighted by Crippen LogP contribution is 2.40. The van der Waals surface area contributed by atoms with Gasteiger partial charge >= 0.3 is 0 Å².